The van der Waals surface area contributed by atoms with Gasteiger partial charge in [-0.25, -0.2) is 0 Å². The minimum Gasteiger partial charge on any atom is -0.377 e. The summed E-state index contributed by atoms with van der Waals surface area (Å²) in [5.74, 6) is -0.483. The molecule has 1 aliphatic rings. The number of hydrogen-bond donors (Lipinski definition) is 1. The Morgan fingerprint density at radius 3 is 2.65 bits per heavy atom. The van der Waals surface area contributed by atoms with Gasteiger partial charge in [0.1, 0.15) is 6.04 Å². The van der Waals surface area contributed by atoms with Crippen LogP contribution >= 0.6 is 0 Å². The van der Waals surface area contributed by atoms with Crippen molar-refractivity contribution < 1.29 is 19.2 Å². The topological polar surface area (TPSA) is 102 Å². The second-order valence-corrected chi connectivity index (χ2v) is 7.54. The molecule has 1 heterocycles. The van der Waals surface area contributed by atoms with Gasteiger partial charge in [-0.1, -0.05) is 24.3 Å². The van der Waals surface area contributed by atoms with Crippen LogP contribution in [0.5, 0.6) is 0 Å². The maximum Gasteiger partial charge on any atom is 0.272 e. The van der Waals surface area contributed by atoms with E-state index in [2.05, 4.69) is 5.32 Å². The molecule has 0 radical (unpaired) electrons. The predicted molar refractivity (Wildman–Crippen MR) is 116 cm³/mol. The maximum absolute atomic E-state index is 13.0. The summed E-state index contributed by atoms with van der Waals surface area (Å²) >= 11 is 0. The minimum atomic E-state index is -0.554. The van der Waals surface area contributed by atoms with Crippen molar-refractivity contribution in [2.75, 3.05) is 13.2 Å². The zero-order valence-corrected chi connectivity index (χ0v) is 17.8. The third-order valence-electron chi connectivity index (χ3n) is 5.49. The van der Waals surface area contributed by atoms with Crippen molar-refractivity contribution in [1.82, 2.24) is 10.2 Å². The first-order valence-electron chi connectivity index (χ1n) is 10.4. The van der Waals surface area contributed by atoms with Gasteiger partial charge < -0.3 is 15.0 Å². The van der Waals surface area contributed by atoms with Gasteiger partial charge in [-0.05, 0) is 49.9 Å². The van der Waals surface area contributed by atoms with E-state index < -0.39 is 11.0 Å². The summed E-state index contributed by atoms with van der Waals surface area (Å²) in [5.41, 5.74) is 2.74. The molecular weight excluding hydrogens is 398 g/mol. The first-order valence-corrected chi connectivity index (χ1v) is 10.4. The van der Waals surface area contributed by atoms with E-state index in [0.29, 0.717) is 43.9 Å². The number of ether oxygens (including phenoxy) is 1. The van der Waals surface area contributed by atoms with Crippen molar-refractivity contribution in [2.24, 2.45) is 0 Å². The van der Waals surface area contributed by atoms with E-state index in [0.717, 1.165) is 17.5 Å². The monoisotopic (exact) mass is 425 g/mol. The summed E-state index contributed by atoms with van der Waals surface area (Å²) in [7, 11) is 0. The van der Waals surface area contributed by atoms with Crippen molar-refractivity contribution in [3.8, 4) is 0 Å². The average molecular weight is 425 g/mol. The van der Waals surface area contributed by atoms with Gasteiger partial charge in [0.2, 0.25) is 5.91 Å². The zero-order chi connectivity index (χ0) is 22.4. The second kappa shape index (κ2) is 10.2. The zero-order valence-electron chi connectivity index (χ0n) is 17.8. The Hall–Kier alpha value is -3.26. The maximum atomic E-state index is 13.0. The van der Waals surface area contributed by atoms with E-state index in [1.807, 2.05) is 31.2 Å². The average Bonchev–Trinajstić information content (AvgIpc) is 3.25. The lowest BCUT2D eigenvalue weighted by Crippen LogP contribution is -2.45. The Kier molecular flexibility index (Phi) is 7.36. The van der Waals surface area contributed by atoms with Crippen molar-refractivity contribution in [1.29, 1.82) is 0 Å². The molecule has 8 nitrogen and oxygen atoms in total. The number of hydrogen-bond acceptors (Lipinski definition) is 5. The van der Waals surface area contributed by atoms with Gasteiger partial charge >= 0.3 is 0 Å². The number of aryl methyl sites for hydroxylation is 1. The number of carbonyl (C=O) groups is 2. The van der Waals surface area contributed by atoms with Crippen LogP contribution in [0.15, 0.2) is 42.5 Å². The molecule has 3 rings (SSSR count). The molecular formula is C23H27N3O5. The van der Waals surface area contributed by atoms with Crippen molar-refractivity contribution in [2.45, 2.75) is 45.9 Å². The normalized spacial score (nSPS) is 15.7. The fourth-order valence-electron chi connectivity index (χ4n) is 3.82. The third-order valence-corrected chi connectivity index (χ3v) is 5.49. The fraction of sp³-hybridized carbons (Fsp3) is 0.391. The summed E-state index contributed by atoms with van der Waals surface area (Å²) in [6.07, 6.45) is 1.32. The van der Waals surface area contributed by atoms with Crippen LogP contribution in [0.3, 0.4) is 0 Å². The molecule has 0 saturated carbocycles. The summed E-state index contributed by atoms with van der Waals surface area (Å²) in [4.78, 5) is 38.0. The van der Waals surface area contributed by atoms with E-state index >= 15 is 0 Å². The summed E-state index contributed by atoms with van der Waals surface area (Å²) in [6, 6.07) is 11.5. The number of nitro groups is 1. The van der Waals surface area contributed by atoms with Crippen LogP contribution in [0, 0.1) is 17.0 Å². The lowest BCUT2D eigenvalue weighted by molar-refractivity contribution is -0.385. The van der Waals surface area contributed by atoms with E-state index in [1.54, 1.807) is 11.8 Å². The smallest absolute Gasteiger partial charge is 0.272 e. The third kappa shape index (κ3) is 5.27. The van der Waals surface area contributed by atoms with Crippen molar-refractivity contribution >= 4 is 17.5 Å². The summed E-state index contributed by atoms with van der Waals surface area (Å²) in [5, 5.41) is 14.0. The van der Waals surface area contributed by atoms with Crippen LogP contribution in [0.2, 0.25) is 0 Å². The standard InChI is InChI=1S/C23H27N3O5/c1-3-31-15-19-8-5-4-7-18(19)14-24-22(27)21-9-6-12-25(21)23(28)17-10-11-20(26(29)30)16(2)13-17/h4-5,7-8,10-11,13,21H,3,6,9,12,14-15H2,1-2H3,(H,24,27). The quantitative estimate of drug-likeness (QED) is 0.516. The molecule has 1 atom stereocenters. The first kappa shape index (κ1) is 22.4. The predicted octanol–water partition coefficient (Wildman–Crippen LogP) is 3.36. The molecule has 0 bridgehead atoms. The van der Waals surface area contributed by atoms with Crippen LogP contribution in [-0.4, -0.2) is 40.8 Å². The molecule has 2 aromatic carbocycles. The molecule has 1 fully saturated rings. The first-order chi connectivity index (χ1) is 14.9. The molecule has 0 aromatic heterocycles. The number of likely N-dealkylation sites (tertiary alicyclic amines) is 1. The largest absolute Gasteiger partial charge is 0.377 e. The van der Waals surface area contributed by atoms with Crippen LogP contribution in [0.4, 0.5) is 5.69 Å². The molecule has 1 N–H and O–H groups in total. The molecule has 8 heteroatoms. The lowest BCUT2D eigenvalue weighted by Gasteiger charge is -2.24. The van der Waals surface area contributed by atoms with Gasteiger partial charge in [0.15, 0.2) is 0 Å². The second-order valence-electron chi connectivity index (χ2n) is 7.54. The van der Waals surface area contributed by atoms with E-state index in [9.17, 15) is 19.7 Å². The number of nitrogens with one attached hydrogen (secondary N) is 1. The van der Waals surface area contributed by atoms with E-state index in [-0.39, 0.29) is 17.5 Å². The highest BCUT2D eigenvalue weighted by atomic mass is 16.6. The van der Waals surface area contributed by atoms with Crippen LogP contribution in [-0.2, 0) is 22.7 Å². The van der Waals surface area contributed by atoms with E-state index in [1.165, 1.54) is 18.2 Å². The number of rotatable bonds is 8. The minimum absolute atomic E-state index is 0.0296. The molecule has 31 heavy (non-hydrogen) atoms. The summed E-state index contributed by atoms with van der Waals surface area (Å²) in [6.45, 7) is 5.47. The molecule has 2 aromatic rings. The molecule has 164 valence electrons. The highest BCUT2D eigenvalue weighted by Crippen LogP contribution is 2.24. The van der Waals surface area contributed by atoms with Gasteiger partial charge in [0.05, 0.1) is 11.5 Å². The number of nitro benzene ring substituents is 1. The number of carbonyl (C=O) groups excluding carboxylic acids is 2. The highest BCUT2D eigenvalue weighted by molar-refractivity contribution is 5.98. The van der Waals surface area contributed by atoms with Crippen LogP contribution in [0.25, 0.3) is 0 Å². The number of benzene rings is 2. The van der Waals surface area contributed by atoms with Gasteiger partial charge in [-0.2, -0.15) is 0 Å². The van der Waals surface area contributed by atoms with Gasteiger partial charge in [-0.15, -0.1) is 0 Å². The van der Waals surface area contributed by atoms with E-state index in [4.69, 9.17) is 4.74 Å². The molecule has 0 aliphatic carbocycles. The SMILES string of the molecule is CCOCc1ccccc1CNC(=O)C1CCCN1C(=O)c1ccc([N+](=O)[O-])c(C)c1. The lowest BCUT2D eigenvalue weighted by atomic mass is 10.1. The van der Waals surface area contributed by atoms with Gasteiger partial charge in [0, 0.05) is 36.9 Å². The summed E-state index contributed by atoms with van der Waals surface area (Å²) < 4.78 is 5.49. The number of amides is 2. The Balaban J connectivity index is 1.68. The Labute approximate surface area is 181 Å². The molecule has 2 amide bonds. The van der Waals surface area contributed by atoms with Gasteiger partial charge in [0.25, 0.3) is 11.6 Å². The molecule has 1 unspecified atom stereocenters. The van der Waals surface area contributed by atoms with Crippen LogP contribution < -0.4 is 5.32 Å². The molecule has 1 saturated heterocycles. The Morgan fingerprint density at radius 2 is 1.97 bits per heavy atom. The highest BCUT2D eigenvalue weighted by Gasteiger charge is 2.34. The van der Waals surface area contributed by atoms with Crippen molar-refractivity contribution in [3.63, 3.8) is 0 Å². The molecule has 0 spiro atoms. The Bertz CT molecular complexity index is 975. The Morgan fingerprint density at radius 1 is 1.23 bits per heavy atom. The van der Waals surface area contributed by atoms with Crippen LogP contribution in [0.1, 0.15) is 46.8 Å². The van der Waals surface area contributed by atoms with Crippen molar-refractivity contribution in [3.05, 3.63) is 74.8 Å². The fourth-order valence-corrected chi connectivity index (χ4v) is 3.82. The van der Waals surface area contributed by atoms with Gasteiger partial charge in [-0.3, -0.25) is 19.7 Å². The number of nitrogens with zero attached hydrogens (tertiary/aromatic N) is 2. The molecule has 1 aliphatic heterocycles.